The molecule has 1 saturated heterocycles. The Morgan fingerprint density at radius 1 is 1.42 bits per heavy atom. The number of carbonyl (C=O) groups excluding carboxylic acids is 1. The summed E-state index contributed by atoms with van der Waals surface area (Å²) in [4.78, 5) is 18.5. The molecule has 3 rings (SSSR count). The molecule has 0 radical (unpaired) electrons. The van der Waals surface area contributed by atoms with Gasteiger partial charge in [-0.05, 0) is 19.3 Å². The average molecular weight is 336 g/mol. The van der Waals surface area contributed by atoms with Gasteiger partial charge >= 0.3 is 6.03 Å². The van der Waals surface area contributed by atoms with Crippen LogP contribution in [0.1, 0.15) is 64.6 Å². The van der Waals surface area contributed by atoms with Crippen molar-refractivity contribution in [2.24, 2.45) is 5.92 Å². The third-order valence-electron chi connectivity index (χ3n) is 5.22. The zero-order valence-corrected chi connectivity index (χ0v) is 14.8. The summed E-state index contributed by atoms with van der Waals surface area (Å²) in [6, 6.07) is -0.121. The highest BCUT2D eigenvalue weighted by molar-refractivity contribution is 5.74. The molecular formula is C17H28N4O3. The number of piperidine rings is 1. The molecule has 2 N–H and O–H groups in total. The van der Waals surface area contributed by atoms with E-state index in [2.05, 4.69) is 15.5 Å². The van der Waals surface area contributed by atoms with Gasteiger partial charge in [-0.3, -0.25) is 0 Å². The van der Waals surface area contributed by atoms with Gasteiger partial charge in [0.25, 0.3) is 0 Å². The minimum absolute atomic E-state index is 0.121. The van der Waals surface area contributed by atoms with Crippen LogP contribution >= 0.6 is 0 Å². The fourth-order valence-corrected chi connectivity index (χ4v) is 3.65. The number of rotatable bonds is 2. The second-order valence-corrected chi connectivity index (χ2v) is 8.17. The molecule has 1 aromatic rings. The van der Waals surface area contributed by atoms with E-state index in [0.717, 1.165) is 25.7 Å². The van der Waals surface area contributed by atoms with E-state index in [-0.39, 0.29) is 23.9 Å². The number of fused-ring (bicyclic) bond motifs is 1. The van der Waals surface area contributed by atoms with Gasteiger partial charge in [-0.15, -0.1) is 0 Å². The standard InChI is InChI=1S/C17H28N4O3/c1-16(2,3)14-19-13(20-24-14)10-18-15(22)21-9-8-17(23)7-5-4-6-12(17)11-21/h12,23H,4-11H2,1-3H3,(H,18,22)/t12-,17-/m0/s1. The van der Waals surface area contributed by atoms with Crippen molar-refractivity contribution < 1.29 is 14.4 Å². The summed E-state index contributed by atoms with van der Waals surface area (Å²) in [7, 11) is 0. The first-order chi connectivity index (χ1) is 11.3. The van der Waals surface area contributed by atoms with E-state index >= 15 is 0 Å². The van der Waals surface area contributed by atoms with Crippen molar-refractivity contribution >= 4 is 6.03 Å². The molecule has 7 heteroatoms. The average Bonchev–Trinajstić information content (AvgIpc) is 3.01. The Hall–Kier alpha value is -1.63. The van der Waals surface area contributed by atoms with Crippen LogP contribution in [0.3, 0.4) is 0 Å². The van der Waals surface area contributed by atoms with E-state index in [0.29, 0.717) is 31.2 Å². The van der Waals surface area contributed by atoms with Gasteiger partial charge in [0.05, 0.1) is 12.1 Å². The van der Waals surface area contributed by atoms with Crippen LogP contribution in [0.25, 0.3) is 0 Å². The highest BCUT2D eigenvalue weighted by Crippen LogP contribution is 2.39. The fraction of sp³-hybridized carbons (Fsp3) is 0.824. The smallest absolute Gasteiger partial charge is 0.317 e. The van der Waals surface area contributed by atoms with Gasteiger partial charge in [0, 0.05) is 24.4 Å². The Balaban J connectivity index is 1.53. The Morgan fingerprint density at radius 3 is 2.92 bits per heavy atom. The number of aliphatic hydroxyl groups is 1. The fourth-order valence-electron chi connectivity index (χ4n) is 3.65. The maximum absolute atomic E-state index is 12.4. The summed E-state index contributed by atoms with van der Waals surface area (Å²) >= 11 is 0. The number of likely N-dealkylation sites (tertiary alicyclic amines) is 1. The van der Waals surface area contributed by atoms with Crippen LogP contribution in [0.4, 0.5) is 4.79 Å². The number of urea groups is 1. The predicted octanol–water partition coefficient (Wildman–Crippen LogP) is 2.20. The van der Waals surface area contributed by atoms with E-state index in [1.165, 1.54) is 0 Å². The molecule has 1 aliphatic carbocycles. The largest absolute Gasteiger partial charge is 0.389 e. The highest BCUT2D eigenvalue weighted by Gasteiger charge is 2.43. The molecule has 2 heterocycles. The van der Waals surface area contributed by atoms with Gasteiger partial charge in [0.2, 0.25) is 5.89 Å². The maximum atomic E-state index is 12.4. The first kappa shape index (κ1) is 17.2. The molecule has 1 saturated carbocycles. The first-order valence-electron chi connectivity index (χ1n) is 8.86. The van der Waals surface area contributed by atoms with Gasteiger partial charge in [-0.25, -0.2) is 4.79 Å². The number of nitrogens with one attached hydrogen (secondary N) is 1. The molecule has 2 aliphatic rings. The lowest BCUT2D eigenvalue weighted by Gasteiger charge is -2.47. The van der Waals surface area contributed by atoms with E-state index in [4.69, 9.17) is 4.52 Å². The van der Waals surface area contributed by atoms with Crippen molar-refractivity contribution in [3.05, 3.63) is 11.7 Å². The van der Waals surface area contributed by atoms with Crippen LogP contribution in [0, 0.1) is 5.92 Å². The van der Waals surface area contributed by atoms with Crippen molar-refractivity contribution in [1.29, 1.82) is 0 Å². The molecule has 134 valence electrons. The molecule has 0 aromatic carbocycles. The summed E-state index contributed by atoms with van der Waals surface area (Å²) in [5.41, 5.74) is -0.766. The van der Waals surface area contributed by atoms with Crippen LogP contribution in [0.15, 0.2) is 4.52 Å². The number of carbonyl (C=O) groups is 1. The van der Waals surface area contributed by atoms with Crippen molar-refractivity contribution in [2.45, 2.75) is 70.4 Å². The van der Waals surface area contributed by atoms with Crippen molar-refractivity contribution in [2.75, 3.05) is 13.1 Å². The van der Waals surface area contributed by atoms with Crippen molar-refractivity contribution in [3.63, 3.8) is 0 Å². The normalized spacial score (nSPS) is 27.7. The molecule has 7 nitrogen and oxygen atoms in total. The summed E-state index contributed by atoms with van der Waals surface area (Å²) in [5, 5.41) is 17.5. The SMILES string of the molecule is CC(C)(C)c1nc(CNC(=O)N2CC[C@@]3(O)CCCC[C@H]3C2)no1. The number of hydrogen-bond acceptors (Lipinski definition) is 5. The number of hydrogen-bond donors (Lipinski definition) is 2. The molecule has 0 unspecified atom stereocenters. The van der Waals surface area contributed by atoms with E-state index in [9.17, 15) is 9.90 Å². The van der Waals surface area contributed by atoms with Gasteiger partial charge in [0.1, 0.15) is 0 Å². The molecular weight excluding hydrogens is 308 g/mol. The second-order valence-electron chi connectivity index (χ2n) is 8.17. The summed E-state index contributed by atoms with van der Waals surface area (Å²) in [6.45, 7) is 7.48. The minimum atomic E-state index is -0.565. The van der Waals surface area contributed by atoms with Gasteiger partial charge in [-0.1, -0.05) is 38.8 Å². The molecule has 1 aliphatic heterocycles. The third kappa shape index (κ3) is 3.55. The monoisotopic (exact) mass is 336 g/mol. The molecule has 2 atom stereocenters. The Morgan fingerprint density at radius 2 is 2.21 bits per heavy atom. The quantitative estimate of drug-likeness (QED) is 0.864. The Labute approximate surface area is 142 Å². The molecule has 0 spiro atoms. The summed E-state index contributed by atoms with van der Waals surface area (Å²) in [6.07, 6.45) is 4.76. The third-order valence-corrected chi connectivity index (χ3v) is 5.22. The van der Waals surface area contributed by atoms with E-state index in [1.54, 1.807) is 4.90 Å². The second kappa shape index (κ2) is 6.35. The summed E-state index contributed by atoms with van der Waals surface area (Å²) < 4.78 is 5.23. The number of amides is 2. The van der Waals surface area contributed by atoms with Crippen LogP contribution < -0.4 is 5.32 Å². The Kier molecular flexibility index (Phi) is 4.55. The molecule has 2 fully saturated rings. The van der Waals surface area contributed by atoms with Gasteiger partial charge in [0.15, 0.2) is 5.82 Å². The van der Waals surface area contributed by atoms with Crippen LogP contribution in [-0.4, -0.2) is 44.9 Å². The van der Waals surface area contributed by atoms with Crippen LogP contribution in [-0.2, 0) is 12.0 Å². The lowest BCUT2D eigenvalue weighted by Crippen LogP contribution is -2.56. The first-order valence-corrected chi connectivity index (χ1v) is 8.86. The zero-order chi connectivity index (χ0) is 17.4. The van der Waals surface area contributed by atoms with Crippen molar-refractivity contribution in [1.82, 2.24) is 20.4 Å². The summed E-state index contributed by atoms with van der Waals surface area (Å²) in [5.74, 6) is 1.25. The zero-order valence-electron chi connectivity index (χ0n) is 14.8. The van der Waals surface area contributed by atoms with E-state index < -0.39 is 5.60 Å². The minimum Gasteiger partial charge on any atom is -0.389 e. The maximum Gasteiger partial charge on any atom is 0.317 e. The molecule has 2 amide bonds. The Bertz CT molecular complexity index is 595. The number of aromatic nitrogens is 2. The lowest BCUT2D eigenvalue weighted by atomic mass is 9.71. The van der Waals surface area contributed by atoms with Gasteiger partial charge < -0.3 is 19.8 Å². The highest BCUT2D eigenvalue weighted by atomic mass is 16.5. The number of nitrogens with zero attached hydrogens (tertiary/aromatic N) is 3. The van der Waals surface area contributed by atoms with E-state index in [1.807, 2.05) is 20.8 Å². The van der Waals surface area contributed by atoms with Crippen LogP contribution in [0.5, 0.6) is 0 Å². The molecule has 1 aromatic heterocycles. The van der Waals surface area contributed by atoms with Gasteiger partial charge in [-0.2, -0.15) is 4.98 Å². The van der Waals surface area contributed by atoms with Crippen LogP contribution in [0.2, 0.25) is 0 Å². The molecule has 24 heavy (non-hydrogen) atoms. The van der Waals surface area contributed by atoms with Crippen molar-refractivity contribution in [3.8, 4) is 0 Å². The lowest BCUT2D eigenvalue weighted by molar-refractivity contribution is -0.0870. The predicted molar refractivity (Wildman–Crippen MR) is 88.3 cm³/mol. The topological polar surface area (TPSA) is 91.5 Å². The molecule has 0 bridgehead atoms.